The number of hydrogen-bond donors (Lipinski definition) is 1. The Balaban J connectivity index is 2.45. The molecule has 0 saturated carbocycles. The summed E-state index contributed by atoms with van der Waals surface area (Å²) in [5, 5.41) is 0. The fraction of sp³-hybridized carbons (Fsp3) is 0.375. The van der Waals surface area contributed by atoms with Gasteiger partial charge in [-0.25, -0.2) is 9.97 Å². The molecule has 20 heavy (non-hydrogen) atoms. The number of hydrogen-bond acceptors (Lipinski definition) is 4. The molecule has 4 heteroatoms. The third kappa shape index (κ3) is 2.90. The van der Waals surface area contributed by atoms with Gasteiger partial charge in [-0.3, -0.25) is 0 Å². The van der Waals surface area contributed by atoms with Crippen LogP contribution in [-0.4, -0.2) is 16.6 Å². The van der Waals surface area contributed by atoms with Crippen molar-refractivity contribution >= 4 is 5.82 Å². The summed E-state index contributed by atoms with van der Waals surface area (Å²) in [6, 6.07) is 7.91. The summed E-state index contributed by atoms with van der Waals surface area (Å²) in [4.78, 5) is 8.99. The van der Waals surface area contributed by atoms with Crippen molar-refractivity contribution in [2.45, 2.75) is 33.6 Å². The monoisotopic (exact) mass is 271 g/mol. The molecule has 2 N–H and O–H groups in total. The van der Waals surface area contributed by atoms with Crippen molar-refractivity contribution in [3.63, 3.8) is 0 Å². The zero-order valence-corrected chi connectivity index (χ0v) is 12.5. The number of ether oxygens (including phenoxy) is 1. The van der Waals surface area contributed by atoms with E-state index >= 15 is 0 Å². The first-order valence-corrected chi connectivity index (χ1v) is 6.90. The second kappa shape index (κ2) is 5.90. The zero-order valence-electron chi connectivity index (χ0n) is 12.5. The van der Waals surface area contributed by atoms with Gasteiger partial charge in [0.05, 0.1) is 12.3 Å². The van der Waals surface area contributed by atoms with Crippen molar-refractivity contribution in [3.05, 3.63) is 35.7 Å². The van der Waals surface area contributed by atoms with E-state index in [0.717, 1.165) is 28.4 Å². The van der Waals surface area contributed by atoms with Crippen LogP contribution in [0.2, 0.25) is 0 Å². The molecule has 0 aliphatic heterocycles. The molecule has 1 heterocycles. The van der Waals surface area contributed by atoms with E-state index < -0.39 is 0 Å². The van der Waals surface area contributed by atoms with Gasteiger partial charge in [0.25, 0.3) is 0 Å². The number of nitrogen functional groups attached to an aromatic ring is 1. The number of nitrogens with two attached hydrogens (primary N) is 1. The van der Waals surface area contributed by atoms with Crippen LogP contribution < -0.4 is 10.5 Å². The Labute approximate surface area is 120 Å². The van der Waals surface area contributed by atoms with Gasteiger partial charge in [0.2, 0.25) is 0 Å². The van der Waals surface area contributed by atoms with Gasteiger partial charge in [0.15, 0.2) is 0 Å². The van der Waals surface area contributed by atoms with E-state index in [9.17, 15) is 0 Å². The zero-order chi connectivity index (χ0) is 14.7. The molecular formula is C16H21N3O. The molecule has 0 spiro atoms. The van der Waals surface area contributed by atoms with Crippen molar-refractivity contribution in [3.8, 4) is 17.0 Å². The molecule has 2 aromatic rings. The van der Waals surface area contributed by atoms with Crippen LogP contribution >= 0.6 is 0 Å². The SMILES string of the molecule is CCOc1ccc(-c2nc(C(C)C)nc(N)c2C)cc1. The topological polar surface area (TPSA) is 61.0 Å². The Morgan fingerprint density at radius 1 is 1.15 bits per heavy atom. The lowest BCUT2D eigenvalue weighted by molar-refractivity contribution is 0.340. The molecule has 0 saturated heterocycles. The van der Waals surface area contributed by atoms with E-state index in [2.05, 4.69) is 23.8 Å². The van der Waals surface area contributed by atoms with Crippen LogP contribution in [0.4, 0.5) is 5.82 Å². The maximum atomic E-state index is 6.00. The van der Waals surface area contributed by atoms with Crippen LogP contribution in [0, 0.1) is 6.92 Å². The summed E-state index contributed by atoms with van der Waals surface area (Å²) in [6.07, 6.45) is 0. The lowest BCUT2D eigenvalue weighted by Crippen LogP contribution is -2.06. The van der Waals surface area contributed by atoms with Gasteiger partial charge < -0.3 is 10.5 Å². The Morgan fingerprint density at radius 2 is 1.80 bits per heavy atom. The molecule has 0 aliphatic rings. The van der Waals surface area contributed by atoms with Crippen molar-refractivity contribution in [2.24, 2.45) is 0 Å². The third-order valence-corrected chi connectivity index (χ3v) is 3.16. The van der Waals surface area contributed by atoms with Crippen LogP contribution in [0.25, 0.3) is 11.3 Å². The first kappa shape index (κ1) is 14.3. The molecule has 0 atom stereocenters. The van der Waals surface area contributed by atoms with Crippen molar-refractivity contribution < 1.29 is 4.74 Å². The predicted octanol–water partition coefficient (Wildman–Crippen LogP) is 3.56. The summed E-state index contributed by atoms with van der Waals surface area (Å²) < 4.78 is 5.46. The maximum absolute atomic E-state index is 6.00. The minimum Gasteiger partial charge on any atom is -0.494 e. The molecule has 4 nitrogen and oxygen atoms in total. The van der Waals surface area contributed by atoms with E-state index in [-0.39, 0.29) is 5.92 Å². The molecule has 0 bridgehead atoms. The molecule has 0 fully saturated rings. The summed E-state index contributed by atoms with van der Waals surface area (Å²) in [7, 11) is 0. The number of rotatable bonds is 4. The largest absolute Gasteiger partial charge is 0.494 e. The van der Waals surface area contributed by atoms with E-state index in [1.54, 1.807) is 0 Å². The lowest BCUT2D eigenvalue weighted by atomic mass is 10.1. The molecule has 1 aromatic heterocycles. The smallest absolute Gasteiger partial charge is 0.133 e. The molecule has 0 radical (unpaired) electrons. The molecule has 1 aromatic carbocycles. The van der Waals surface area contributed by atoms with Crippen LogP contribution in [0.3, 0.4) is 0 Å². The normalized spacial score (nSPS) is 10.8. The van der Waals surface area contributed by atoms with Crippen molar-refractivity contribution in [1.29, 1.82) is 0 Å². The first-order valence-electron chi connectivity index (χ1n) is 6.90. The quantitative estimate of drug-likeness (QED) is 0.923. The maximum Gasteiger partial charge on any atom is 0.133 e. The van der Waals surface area contributed by atoms with Gasteiger partial charge in [0, 0.05) is 17.0 Å². The van der Waals surface area contributed by atoms with Crippen molar-refractivity contribution in [2.75, 3.05) is 12.3 Å². The van der Waals surface area contributed by atoms with Crippen LogP contribution in [0.5, 0.6) is 5.75 Å². The average molecular weight is 271 g/mol. The highest BCUT2D eigenvalue weighted by atomic mass is 16.5. The number of aromatic nitrogens is 2. The Bertz CT molecular complexity index is 591. The van der Waals surface area contributed by atoms with Crippen LogP contribution in [0.15, 0.2) is 24.3 Å². The minimum absolute atomic E-state index is 0.249. The summed E-state index contributed by atoms with van der Waals surface area (Å²) in [6.45, 7) is 8.71. The fourth-order valence-electron chi connectivity index (χ4n) is 1.97. The van der Waals surface area contributed by atoms with Gasteiger partial charge in [0.1, 0.15) is 17.4 Å². The number of anilines is 1. The molecule has 106 valence electrons. The summed E-state index contributed by atoms with van der Waals surface area (Å²) in [5.74, 6) is 2.43. The fourth-order valence-corrected chi connectivity index (χ4v) is 1.97. The molecule has 0 amide bonds. The molecular weight excluding hydrogens is 250 g/mol. The van der Waals surface area contributed by atoms with E-state index in [4.69, 9.17) is 10.5 Å². The van der Waals surface area contributed by atoms with E-state index in [0.29, 0.717) is 12.4 Å². The predicted molar refractivity (Wildman–Crippen MR) is 81.9 cm³/mol. The number of nitrogens with zero attached hydrogens (tertiary/aromatic N) is 2. The molecule has 2 rings (SSSR count). The van der Waals surface area contributed by atoms with Crippen LogP contribution in [0.1, 0.15) is 38.1 Å². The highest BCUT2D eigenvalue weighted by Gasteiger charge is 2.12. The summed E-state index contributed by atoms with van der Waals surface area (Å²) >= 11 is 0. The Kier molecular flexibility index (Phi) is 4.23. The second-order valence-corrected chi connectivity index (χ2v) is 5.05. The standard InChI is InChI=1S/C16H21N3O/c1-5-20-13-8-6-12(7-9-13)14-11(4)15(17)19-16(18-14)10(2)3/h6-10H,5H2,1-4H3,(H2,17,18,19). The average Bonchev–Trinajstić information content (AvgIpc) is 2.43. The molecule has 0 unspecified atom stereocenters. The van der Waals surface area contributed by atoms with Gasteiger partial charge in [-0.2, -0.15) is 0 Å². The van der Waals surface area contributed by atoms with E-state index in [1.807, 2.05) is 38.1 Å². The molecule has 0 aliphatic carbocycles. The van der Waals surface area contributed by atoms with Gasteiger partial charge in [-0.05, 0) is 38.1 Å². The van der Waals surface area contributed by atoms with Gasteiger partial charge >= 0.3 is 0 Å². The van der Waals surface area contributed by atoms with Gasteiger partial charge in [-0.1, -0.05) is 13.8 Å². The van der Waals surface area contributed by atoms with Gasteiger partial charge in [-0.15, -0.1) is 0 Å². The number of benzene rings is 1. The highest BCUT2D eigenvalue weighted by Crippen LogP contribution is 2.27. The first-order chi connectivity index (χ1) is 9.52. The Hall–Kier alpha value is -2.10. The second-order valence-electron chi connectivity index (χ2n) is 5.05. The van der Waals surface area contributed by atoms with Crippen molar-refractivity contribution in [1.82, 2.24) is 9.97 Å². The van der Waals surface area contributed by atoms with Crippen LogP contribution in [-0.2, 0) is 0 Å². The third-order valence-electron chi connectivity index (χ3n) is 3.16. The minimum atomic E-state index is 0.249. The lowest BCUT2D eigenvalue weighted by Gasteiger charge is -2.12. The summed E-state index contributed by atoms with van der Waals surface area (Å²) in [5.41, 5.74) is 8.84. The van der Waals surface area contributed by atoms with E-state index in [1.165, 1.54) is 0 Å². The highest BCUT2D eigenvalue weighted by molar-refractivity contribution is 5.67. The Morgan fingerprint density at radius 3 is 2.35 bits per heavy atom.